The molecular weight excluding hydrogens is 420 g/mol. The van der Waals surface area contributed by atoms with Crippen LogP contribution < -0.4 is 5.32 Å². The highest BCUT2D eigenvalue weighted by molar-refractivity contribution is 5.81. The highest BCUT2D eigenvalue weighted by Crippen LogP contribution is 2.30. The molecule has 0 unspecified atom stereocenters. The topological polar surface area (TPSA) is 50.3 Å². The van der Waals surface area contributed by atoms with Crippen LogP contribution in [0.2, 0.25) is 0 Å². The normalized spacial score (nSPS) is 15.1. The molecule has 0 bridgehead atoms. The summed E-state index contributed by atoms with van der Waals surface area (Å²) in [6, 6.07) is 27.3. The van der Waals surface area contributed by atoms with E-state index in [1.54, 1.807) is 0 Å². The minimum atomic E-state index is -0.0153. The first kappa shape index (κ1) is 22.5. The summed E-state index contributed by atoms with van der Waals surface area (Å²) in [6.45, 7) is 6.01. The molecule has 3 heterocycles. The first-order valence-electron chi connectivity index (χ1n) is 12.2. The van der Waals surface area contributed by atoms with Crippen molar-refractivity contribution in [3.63, 3.8) is 0 Å². The number of pyridine rings is 2. The maximum absolute atomic E-state index is 6.68. The largest absolute Gasteiger partial charge is 0.369 e. The Labute approximate surface area is 201 Å². The van der Waals surface area contributed by atoms with Crippen LogP contribution in [0.1, 0.15) is 35.8 Å². The Kier molecular flexibility index (Phi) is 7.13. The zero-order chi connectivity index (χ0) is 23.2. The number of benzene rings is 2. The molecule has 1 N–H and O–H groups in total. The van der Waals surface area contributed by atoms with Crippen LogP contribution in [0.5, 0.6) is 0 Å². The molecular formula is C29H32N4O. The maximum Gasteiger partial charge on any atom is 0.126 e. The average Bonchev–Trinajstić information content (AvgIpc) is 2.89. The van der Waals surface area contributed by atoms with Gasteiger partial charge in [0.25, 0.3) is 0 Å². The number of rotatable bonds is 8. The molecule has 1 aliphatic heterocycles. The van der Waals surface area contributed by atoms with Crippen molar-refractivity contribution in [2.75, 3.05) is 31.5 Å². The van der Waals surface area contributed by atoms with Crippen molar-refractivity contribution in [2.45, 2.75) is 32.0 Å². The van der Waals surface area contributed by atoms with E-state index in [0.717, 1.165) is 61.4 Å². The van der Waals surface area contributed by atoms with Crippen molar-refractivity contribution in [2.24, 2.45) is 0 Å². The van der Waals surface area contributed by atoms with Gasteiger partial charge in [-0.15, -0.1) is 0 Å². The van der Waals surface area contributed by atoms with E-state index in [-0.39, 0.29) is 12.2 Å². The van der Waals surface area contributed by atoms with Gasteiger partial charge in [-0.1, -0.05) is 60.7 Å². The van der Waals surface area contributed by atoms with Gasteiger partial charge in [0.05, 0.1) is 11.6 Å². The lowest BCUT2D eigenvalue weighted by atomic mass is 10.00. The van der Waals surface area contributed by atoms with Crippen LogP contribution in [0, 0.1) is 6.92 Å². The lowest BCUT2D eigenvalue weighted by Gasteiger charge is -2.34. The van der Waals surface area contributed by atoms with Crippen molar-refractivity contribution >= 4 is 16.7 Å². The molecule has 0 spiro atoms. The quantitative estimate of drug-likeness (QED) is 0.376. The van der Waals surface area contributed by atoms with Crippen LogP contribution in [0.3, 0.4) is 0 Å². The van der Waals surface area contributed by atoms with E-state index in [2.05, 4.69) is 81.9 Å². The Morgan fingerprint density at radius 2 is 1.59 bits per heavy atom. The third kappa shape index (κ3) is 5.44. The van der Waals surface area contributed by atoms with Gasteiger partial charge in [-0.05, 0) is 49.1 Å². The number of aromatic nitrogens is 2. The molecule has 0 atom stereocenters. The van der Waals surface area contributed by atoms with Gasteiger partial charge in [0.2, 0.25) is 0 Å². The molecule has 5 rings (SSSR count). The van der Waals surface area contributed by atoms with E-state index in [9.17, 15) is 0 Å². The number of fused-ring (bicyclic) bond motifs is 1. The molecule has 2 aromatic heterocycles. The van der Waals surface area contributed by atoms with Crippen LogP contribution in [0.15, 0.2) is 85.1 Å². The Morgan fingerprint density at radius 1 is 0.912 bits per heavy atom. The summed E-state index contributed by atoms with van der Waals surface area (Å²) >= 11 is 0. The predicted octanol–water partition coefficient (Wildman–Crippen LogP) is 5.62. The van der Waals surface area contributed by atoms with E-state index in [0.29, 0.717) is 0 Å². The smallest absolute Gasteiger partial charge is 0.126 e. The molecule has 2 aromatic carbocycles. The van der Waals surface area contributed by atoms with Gasteiger partial charge in [-0.3, -0.25) is 4.98 Å². The number of anilines is 1. The van der Waals surface area contributed by atoms with Crippen LogP contribution in [0.4, 0.5) is 5.82 Å². The average molecular weight is 453 g/mol. The van der Waals surface area contributed by atoms with Crippen molar-refractivity contribution in [1.29, 1.82) is 0 Å². The summed E-state index contributed by atoms with van der Waals surface area (Å²) in [5.41, 5.74) is 4.44. The third-order valence-electron chi connectivity index (χ3n) is 6.62. The second kappa shape index (κ2) is 10.8. The molecule has 5 heteroatoms. The fourth-order valence-electron chi connectivity index (χ4n) is 4.70. The zero-order valence-corrected chi connectivity index (χ0v) is 19.7. The van der Waals surface area contributed by atoms with Crippen molar-refractivity contribution in [3.05, 3.63) is 102 Å². The van der Waals surface area contributed by atoms with E-state index < -0.39 is 0 Å². The second-order valence-corrected chi connectivity index (χ2v) is 8.96. The van der Waals surface area contributed by atoms with Gasteiger partial charge in [-0.2, -0.15) is 0 Å². The predicted molar refractivity (Wildman–Crippen MR) is 138 cm³/mol. The minimum absolute atomic E-state index is 0.0153. The number of piperidine rings is 1. The second-order valence-electron chi connectivity index (χ2n) is 8.96. The van der Waals surface area contributed by atoms with Crippen LogP contribution >= 0.6 is 0 Å². The minimum Gasteiger partial charge on any atom is -0.369 e. The van der Waals surface area contributed by atoms with Crippen molar-refractivity contribution in [3.8, 4) is 0 Å². The number of hydrogen-bond acceptors (Lipinski definition) is 5. The molecule has 0 saturated carbocycles. The zero-order valence-electron chi connectivity index (χ0n) is 19.7. The van der Waals surface area contributed by atoms with Crippen LogP contribution in [0.25, 0.3) is 10.9 Å². The van der Waals surface area contributed by atoms with E-state index in [4.69, 9.17) is 9.72 Å². The number of ether oxygens (including phenoxy) is 1. The number of likely N-dealkylation sites (tertiary alicyclic amines) is 1. The standard InChI is InChI=1S/C29H32N4O/c1-22-26-12-13-28(32-27(26)14-17-30-22)31-18-21-33-19-15-25(16-20-33)34-29(23-8-4-2-5-9-23)24-10-6-3-7-11-24/h2-14,17,25,29H,15-16,18-21H2,1H3,(H,31,32). The summed E-state index contributed by atoms with van der Waals surface area (Å²) in [5.74, 6) is 0.921. The molecule has 174 valence electrons. The van der Waals surface area contributed by atoms with Gasteiger partial charge in [-0.25, -0.2) is 4.98 Å². The number of aryl methyl sites for hydroxylation is 1. The molecule has 0 radical (unpaired) electrons. The first-order valence-corrected chi connectivity index (χ1v) is 12.2. The Morgan fingerprint density at radius 3 is 2.26 bits per heavy atom. The maximum atomic E-state index is 6.68. The number of hydrogen-bond donors (Lipinski definition) is 1. The molecule has 34 heavy (non-hydrogen) atoms. The summed E-state index contributed by atoms with van der Waals surface area (Å²) in [5, 5.41) is 4.60. The molecule has 0 aliphatic carbocycles. The molecule has 5 nitrogen and oxygen atoms in total. The number of nitrogens with zero attached hydrogens (tertiary/aromatic N) is 3. The number of nitrogens with one attached hydrogen (secondary N) is 1. The fourth-order valence-corrected chi connectivity index (χ4v) is 4.70. The fraction of sp³-hybridized carbons (Fsp3) is 0.310. The monoisotopic (exact) mass is 452 g/mol. The van der Waals surface area contributed by atoms with Gasteiger partial charge < -0.3 is 15.0 Å². The Bertz CT molecular complexity index is 1150. The lowest BCUT2D eigenvalue weighted by molar-refractivity contribution is -0.0263. The summed E-state index contributed by atoms with van der Waals surface area (Å²) in [6.07, 6.45) is 4.18. The summed E-state index contributed by atoms with van der Waals surface area (Å²) < 4.78 is 6.68. The van der Waals surface area contributed by atoms with Crippen LogP contribution in [-0.2, 0) is 4.74 Å². The molecule has 1 fully saturated rings. The van der Waals surface area contributed by atoms with E-state index in [1.165, 1.54) is 11.1 Å². The molecule has 1 saturated heterocycles. The van der Waals surface area contributed by atoms with Crippen molar-refractivity contribution < 1.29 is 4.74 Å². The SMILES string of the molecule is Cc1nccc2nc(NCCN3CCC(OC(c4ccccc4)c4ccccc4)CC3)ccc12. The van der Waals surface area contributed by atoms with E-state index in [1.807, 2.05) is 25.3 Å². The Balaban J connectivity index is 1.13. The summed E-state index contributed by atoms with van der Waals surface area (Å²) in [7, 11) is 0. The Hall–Kier alpha value is -3.28. The lowest BCUT2D eigenvalue weighted by Crippen LogP contribution is -2.39. The highest BCUT2D eigenvalue weighted by atomic mass is 16.5. The van der Waals surface area contributed by atoms with Gasteiger partial charge in [0, 0.05) is 43.5 Å². The molecule has 4 aromatic rings. The van der Waals surface area contributed by atoms with Crippen LogP contribution in [-0.4, -0.2) is 47.2 Å². The molecule has 1 aliphatic rings. The third-order valence-corrected chi connectivity index (χ3v) is 6.62. The van der Waals surface area contributed by atoms with Gasteiger partial charge in [0.1, 0.15) is 11.9 Å². The van der Waals surface area contributed by atoms with Crippen molar-refractivity contribution in [1.82, 2.24) is 14.9 Å². The van der Waals surface area contributed by atoms with E-state index >= 15 is 0 Å². The highest BCUT2D eigenvalue weighted by Gasteiger charge is 2.24. The summed E-state index contributed by atoms with van der Waals surface area (Å²) in [4.78, 5) is 11.6. The first-order chi connectivity index (χ1) is 16.8. The van der Waals surface area contributed by atoms with Gasteiger partial charge >= 0.3 is 0 Å². The van der Waals surface area contributed by atoms with Gasteiger partial charge in [0.15, 0.2) is 0 Å². The molecule has 0 amide bonds.